The number of nitrogens with one attached hydrogen (secondary N) is 1. The lowest BCUT2D eigenvalue weighted by atomic mass is 9.95. The van der Waals surface area contributed by atoms with Gasteiger partial charge in [-0.25, -0.2) is 13.1 Å². The summed E-state index contributed by atoms with van der Waals surface area (Å²) in [5.74, 6) is 1.38. The molecule has 0 spiro atoms. The van der Waals surface area contributed by atoms with Gasteiger partial charge in [0.1, 0.15) is 0 Å². The summed E-state index contributed by atoms with van der Waals surface area (Å²) in [6.07, 6.45) is 2.86. The van der Waals surface area contributed by atoms with Crippen LogP contribution < -0.4 is 4.72 Å². The minimum Gasteiger partial charge on any atom is -0.381 e. The Kier molecular flexibility index (Phi) is 5.45. The minimum absolute atomic E-state index is 0.0537. The number of rotatable bonds is 7. The molecule has 118 valence electrons. The first-order valence-electron chi connectivity index (χ1n) is 7.53. The molecule has 3 atom stereocenters. The van der Waals surface area contributed by atoms with E-state index in [-0.39, 0.29) is 23.8 Å². The van der Waals surface area contributed by atoms with Crippen molar-refractivity contribution >= 4 is 10.0 Å². The van der Waals surface area contributed by atoms with Crippen LogP contribution in [0.3, 0.4) is 0 Å². The highest BCUT2D eigenvalue weighted by atomic mass is 32.2. The highest BCUT2D eigenvalue weighted by molar-refractivity contribution is 7.89. The lowest BCUT2D eigenvalue weighted by molar-refractivity contribution is 0.0591. The highest BCUT2D eigenvalue weighted by Gasteiger charge is 2.45. The molecule has 0 radical (unpaired) electrons. The van der Waals surface area contributed by atoms with Crippen LogP contribution in [-0.2, 0) is 19.5 Å². The van der Waals surface area contributed by atoms with Crippen molar-refractivity contribution in [2.45, 2.75) is 45.3 Å². The third-order valence-electron chi connectivity index (χ3n) is 4.47. The summed E-state index contributed by atoms with van der Waals surface area (Å²) in [6, 6.07) is 0.132. The van der Waals surface area contributed by atoms with E-state index in [1.54, 1.807) is 7.11 Å². The molecule has 1 unspecified atom stereocenters. The number of methoxy groups -OCH3 is 1. The molecule has 0 aromatic carbocycles. The Bertz CT molecular complexity index is 403. The average Bonchev–Trinajstić information content (AvgIpc) is 3.15. The summed E-state index contributed by atoms with van der Waals surface area (Å²) in [4.78, 5) is 0. The predicted molar refractivity (Wildman–Crippen MR) is 78.0 cm³/mol. The van der Waals surface area contributed by atoms with E-state index in [0.29, 0.717) is 11.8 Å². The molecule has 5 nitrogen and oxygen atoms in total. The lowest BCUT2D eigenvalue weighted by Crippen LogP contribution is -2.37. The van der Waals surface area contributed by atoms with E-state index < -0.39 is 10.0 Å². The van der Waals surface area contributed by atoms with Crippen LogP contribution in [0, 0.1) is 17.8 Å². The first-order chi connectivity index (χ1) is 9.43. The quantitative estimate of drug-likeness (QED) is 0.772. The summed E-state index contributed by atoms with van der Waals surface area (Å²) < 4.78 is 37.8. The average molecular weight is 305 g/mol. The number of hydrogen-bond donors (Lipinski definition) is 1. The van der Waals surface area contributed by atoms with Gasteiger partial charge in [-0.1, -0.05) is 13.8 Å². The zero-order valence-electron chi connectivity index (χ0n) is 12.7. The Morgan fingerprint density at radius 1 is 1.30 bits per heavy atom. The SMILES string of the molecule is COC(CS(=O)(=O)N[C@@H]1C[C@H]1C1CCOCC1)C(C)C. The van der Waals surface area contributed by atoms with Gasteiger partial charge in [-0.15, -0.1) is 0 Å². The Morgan fingerprint density at radius 3 is 2.50 bits per heavy atom. The second kappa shape index (κ2) is 6.73. The van der Waals surface area contributed by atoms with Crippen LogP contribution >= 0.6 is 0 Å². The van der Waals surface area contributed by atoms with Crippen molar-refractivity contribution in [1.82, 2.24) is 4.72 Å². The molecule has 0 bridgehead atoms. The largest absolute Gasteiger partial charge is 0.381 e. The van der Waals surface area contributed by atoms with E-state index in [2.05, 4.69) is 4.72 Å². The van der Waals surface area contributed by atoms with Crippen LogP contribution in [0.5, 0.6) is 0 Å². The van der Waals surface area contributed by atoms with Crippen molar-refractivity contribution in [2.24, 2.45) is 17.8 Å². The van der Waals surface area contributed by atoms with Gasteiger partial charge in [0.25, 0.3) is 0 Å². The van der Waals surface area contributed by atoms with E-state index in [9.17, 15) is 8.42 Å². The van der Waals surface area contributed by atoms with E-state index >= 15 is 0 Å². The van der Waals surface area contributed by atoms with Gasteiger partial charge in [0, 0.05) is 26.4 Å². The van der Waals surface area contributed by atoms with Crippen LogP contribution in [-0.4, -0.2) is 46.6 Å². The summed E-state index contributed by atoms with van der Waals surface area (Å²) in [7, 11) is -1.68. The van der Waals surface area contributed by atoms with E-state index in [0.717, 1.165) is 32.5 Å². The van der Waals surface area contributed by atoms with Gasteiger partial charge in [-0.05, 0) is 37.0 Å². The maximum atomic E-state index is 12.2. The van der Waals surface area contributed by atoms with Gasteiger partial charge in [0.2, 0.25) is 10.0 Å². The summed E-state index contributed by atoms with van der Waals surface area (Å²) >= 11 is 0. The van der Waals surface area contributed by atoms with Crippen LogP contribution in [0.1, 0.15) is 33.1 Å². The fourth-order valence-electron chi connectivity index (χ4n) is 3.04. The van der Waals surface area contributed by atoms with Gasteiger partial charge >= 0.3 is 0 Å². The van der Waals surface area contributed by atoms with Crippen molar-refractivity contribution in [3.8, 4) is 0 Å². The monoisotopic (exact) mass is 305 g/mol. The first-order valence-corrected chi connectivity index (χ1v) is 9.18. The Labute approximate surface area is 122 Å². The number of ether oxygens (including phenoxy) is 2. The predicted octanol–water partition coefficient (Wildman–Crippen LogP) is 1.39. The van der Waals surface area contributed by atoms with Gasteiger partial charge in [0.15, 0.2) is 0 Å². The molecular weight excluding hydrogens is 278 g/mol. The Morgan fingerprint density at radius 2 is 1.95 bits per heavy atom. The van der Waals surface area contributed by atoms with Gasteiger partial charge in [-0.2, -0.15) is 0 Å². The van der Waals surface area contributed by atoms with Gasteiger partial charge in [0.05, 0.1) is 11.9 Å². The van der Waals surface area contributed by atoms with Crippen molar-refractivity contribution in [3.05, 3.63) is 0 Å². The molecule has 2 aliphatic rings. The van der Waals surface area contributed by atoms with Crippen LogP contribution in [0.4, 0.5) is 0 Å². The second-order valence-electron chi connectivity index (χ2n) is 6.37. The van der Waals surface area contributed by atoms with Crippen molar-refractivity contribution in [3.63, 3.8) is 0 Å². The van der Waals surface area contributed by atoms with Gasteiger partial charge < -0.3 is 9.47 Å². The molecule has 1 saturated carbocycles. The maximum Gasteiger partial charge on any atom is 0.214 e. The van der Waals surface area contributed by atoms with E-state index in [1.165, 1.54) is 0 Å². The molecule has 2 rings (SSSR count). The third-order valence-corrected chi connectivity index (χ3v) is 5.90. The van der Waals surface area contributed by atoms with E-state index in [1.807, 2.05) is 13.8 Å². The zero-order valence-corrected chi connectivity index (χ0v) is 13.5. The molecule has 0 aromatic rings. The standard InChI is InChI=1S/C14H27NO4S/c1-10(2)14(18-3)9-20(16,17)15-13-8-12(13)11-4-6-19-7-5-11/h10-15H,4-9H2,1-3H3/t12-,13+,14?/m0/s1. The van der Waals surface area contributed by atoms with Crippen molar-refractivity contribution < 1.29 is 17.9 Å². The fraction of sp³-hybridized carbons (Fsp3) is 1.00. The maximum absolute atomic E-state index is 12.2. The molecule has 1 N–H and O–H groups in total. The second-order valence-corrected chi connectivity index (χ2v) is 8.17. The van der Waals surface area contributed by atoms with Crippen molar-refractivity contribution in [1.29, 1.82) is 0 Å². The normalized spacial score (nSPS) is 29.6. The topological polar surface area (TPSA) is 64.6 Å². The molecule has 1 aliphatic heterocycles. The molecular formula is C14H27NO4S. The molecule has 6 heteroatoms. The lowest BCUT2D eigenvalue weighted by Gasteiger charge is -2.22. The minimum atomic E-state index is -3.25. The summed E-state index contributed by atoms with van der Waals surface area (Å²) in [5.41, 5.74) is 0. The molecule has 1 aliphatic carbocycles. The first kappa shape index (κ1) is 16.2. The van der Waals surface area contributed by atoms with Gasteiger partial charge in [-0.3, -0.25) is 0 Å². The molecule has 0 aromatic heterocycles. The Hall–Kier alpha value is -0.170. The number of sulfonamides is 1. The Balaban J connectivity index is 1.81. The summed E-state index contributed by atoms with van der Waals surface area (Å²) in [6.45, 7) is 5.59. The summed E-state index contributed by atoms with van der Waals surface area (Å²) in [5, 5.41) is 0. The molecule has 2 fully saturated rings. The van der Waals surface area contributed by atoms with E-state index in [4.69, 9.17) is 9.47 Å². The fourth-order valence-corrected chi connectivity index (χ4v) is 4.82. The highest BCUT2D eigenvalue weighted by Crippen LogP contribution is 2.42. The third kappa shape index (κ3) is 4.41. The molecule has 1 heterocycles. The van der Waals surface area contributed by atoms with Crippen LogP contribution in [0.25, 0.3) is 0 Å². The van der Waals surface area contributed by atoms with Crippen LogP contribution in [0.2, 0.25) is 0 Å². The van der Waals surface area contributed by atoms with Crippen molar-refractivity contribution in [2.75, 3.05) is 26.1 Å². The zero-order chi connectivity index (χ0) is 14.8. The molecule has 1 saturated heterocycles. The van der Waals surface area contributed by atoms with Crippen LogP contribution in [0.15, 0.2) is 0 Å². The smallest absolute Gasteiger partial charge is 0.214 e. The molecule has 20 heavy (non-hydrogen) atoms. The number of hydrogen-bond acceptors (Lipinski definition) is 4. The molecule has 0 amide bonds.